The molecular weight excluding hydrogens is 410 g/mol. The molecule has 1 heterocycles. The highest BCUT2D eigenvalue weighted by molar-refractivity contribution is 7.99. The molecule has 0 saturated heterocycles. The molecule has 0 amide bonds. The van der Waals surface area contributed by atoms with Gasteiger partial charge in [-0.25, -0.2) is 18.1 Å². The van der Waals surface area contributed by atoms with Gasteiger partial charge in [0, 0.05) is 30.5 Å². The molecule has 0 spiro atoms. The summed E-state index contributed by atoms with van der Waals surface area (Å²) >= 11 is 7.40. The van der Waals surface area contributed by atoms with Crippen LogP contribution in [0.2, 0.25) is 5.02 Å². The molecule has 1 aromatic carbocycles. The minimum Gasteiger partial charge on any atom is -0.382 e. The monoisotopic (exact) mass is 433 g/mol. The largest absolute Gasteiger partial charge is 0.382 e. The molecule has 0 fully saturated rings. The van der Waals surface area contributed by atoms with Crippen molar-refractivity contribution in [2.75, 3.05) is 31.8 Å². The number of aromatic nitrogens is 2. The fraction of sp³-hybridized carbons (Fsp3) is 0.529. The molecule has 0 aliphatic heterocycles. The van der Waals surface area contributed by atoms with Crippen LogP contribution in [-0.2, 0) is 21.3 Å². The van der Waals surface area contributed by atoms with Crippen LogP contribution < -0.4 is 10.3 Å². The first-order chi connectivity index (χ1) is 12.9. The maximum atomic E-state index is 12.9. The molecule has 27 heavy (non-hydrogen) atoms. The van der Waals surface area contributed by atoms with Gasteiger partial charge in [0.05, 0.1) is 16.7 Å². The zero-order chi connectivity index (χ0) is 19.9. The number of sulfonamides is 1. The normalized spacial score (nSPS) is 12.0. The zero-order valence-corrected chi connectivity index (χ0v) is 17.8. The number of benzene rings is 1. The lowest BCUT2D eigenvalue weighted by Gasteiger charge is -2.13. The zero-order valence-electron chi connectivity index (χ0n) is 15.4. The van der Waals surface area contributed by atoms with E-state index in [-0.39, 0.29) is 11.3 Å². The van der Waals surface area contributed by atoms with E-state index in [1.54, 1.807) is 22.8 Å². The van der Waals surface area contributed by atoms with Gasteiger partial charge in [-0.05, 0) is 45.0 Å². The van der Waals surface area contributed by atoms with Gasteiger partial charge < -0.3 is 4.74 Å². The summed E-state index contributed by atoms with van der Waals surface area (Å²) in [4.78, 5) is 17.5. The van der Waals surface area contributed by atoms with E-state index < -0.39 is 10.0 Å². The quantitative estimate of drug-likeness (QED) is 0.332. The topological polar surface area (TPSA) is 90.3 Å². The lowest BCUT2D eigenvalue weighted by atomic mass is 10.2. The molecule has 2 aromatic rings. The number of fused-ring (bicyclic) bond motifs is 1. The fourth-order valence-electron chi connectivity index (χ4n) is 2.46. The third kappa shape index (κ3) is 6.46. The minimum absolute atomic E-state index is 0.0322. The Hall–Kier alpha value is -1.13. The second-order valence-electron chi connectivity index (χ2n) is 5.79. The van der Waals surface area contributed by atoms with Crippen LogP contribution in [0.5, 0.6) is 0 Å². The van der Waals surface area contributed by atoms with Gasteiger partial charge in [0.15, 0.2) is 5.16 Å². The summed E-state index contributed by atoms with van der Waals surface area (Å²) in [5, 5.41) is 1.59. The standard InChI is InChI=1S/C17H24ClN3O4S2/c1-3-25-9-4-8-21-16(22)14-7-6-13(18)12-15(14)20-17(21)26-10-5-11-27(23,24)19-2/h6-7,12,19H,3-5,8-11H2,1-2H3. The Labute approximate surface area is 168 Å². The van der Waals surface area contributed by atoms with Crippen molar-refractivity contribution in [1.82, 2.24) is 14.3 Å². The first-order valence-corrected chi connectivity index (χ1v) is 11.7. The number of hydrogen-bond acceptors (Lipinski definition) is 6. The summed E-state index contributed by atoms with van der Waals surface area (Å²) in [6.07, 6.45) is 1.15. The molecule has 1 N–H and O–H groups in total. The number of nitrogens with one attached hydrogen (secondary N) is 1. The van der Waals surface area contributed by atoms with E-state index in [2.05, 4.69) is 9.71 Å². The summed E-state index contributed by atoms with van der Waals surface area (Å²) in [7, 11) is -1.84. The van der Waals surface area contributed by atoms with Crippen molar-refractivity contribution < 1.29 is 13.2 Å². The van der Waals surface area contributed by atoms with E-state index in [1.807, 2.05) is 6.92 Å². The molecular formula is C17H24ClN3O4S2. The Kier molecular flexibility index (Phi) is 8.56. The van der Waals surface area contributed by atoms with Crippen LogP contribution in [0.3, 0.4) is 0 Å². The summed E-state index contributed by atoms with van der Waals surface area (Å²) < 4.78 is 32.3. The van der Waals surface area contributed by atoms with Gasteiger partial charge in [-0.1, -0.05) is 23.4 Å². The molecule has 0 bridgehead atoms. The van der Waals surface area contributed by atoms with Gasteiger partial charge in [0.2, 0.25) is 10.0 Å². The van der Waals surface area contributed by atoms with Crippen molar-refractivity contribution in [1.29, 1.82) is 0 Å². The van der Waals surface area contributed by atoms with Gasteiger partial charge >= 0.3 is 0 Å². The van der Waals surface area contributed by atoms with Crippen molar-refractivity contribution in [2.24, 2.45) is 0 Å². The minimum atomic E-state index is -3.24. The molecule has 0 saturated carbocycles. The highest BCUT2D eigenvalue weighted by Crippen LogP contribution is 2.21. The molecule has 0 radical (unpaired) electrons. The third-order valence-electron chi connectivity index (χ3n) is 3.86. The van der Waals surface area contributed by atoms with Crippen molar-refractivity contribution >= 4 is 44.3 Å². The van der Waals surface area contributed by atoms with Gasteiger partial charge in [-0.2, -0.15) is 0 Å². The van der Waals surface area contributed by atoms with Crippen LogP contribution in [0.15, 0.2) is 28.2 Å². The molecule has 0 atom stereocenters. The molecule has 150 valence electrons. The van der Waals surface area contributed by atoms with E-state index in [4.69, 9.17) is 16.3 Å². The van der Waals surface area contributed by atoms with Gasteiger partial charge in [-0.3, -0.25) is 9.36 Å². The number of nitrogens with zero attached hydrogens (tertiary/aromatic N) is 2. The average molecular weight is 434 g/mol. The second kappa shape index (κ2) is 10.4. The molecule has 2 rings (SSSR count). The summed E-state index contributed by atoms with van der Waals surface area (Å²) in [5.74, 6) is 0.565. The maximum Gasteiger partial charge on any atom is 0.262 e. The fourth-order valence-corrected chi connectivity index (χ4v) is 4.51. The van der Waals surface area contributed by atoms with Crippen molar-refractivity contribution in [3.8, 4) is 0 Å². The van der Waals surface area contributed by atoms with Gasteiger partial charge in [-0.15, -0.1) is 0 Å². The Balaban J connectivity index is 2.23. The molecule has 7 nitrogen and oxygen atoms in total. The number of ether oxygens (including phenoxy) is 1. The smallest absolute Gasteiger partial charge is 0.262 e. The van der Waals surface area contributed by atoms with Crippen LogP contribution in [-0.4, -0.2) is 49.7 Å². The first-order valence-electron chi connectivity index (χ1n) is 8.70. The van der Waals surface area contributed by atoms with E-state index in [9.17, 15) is 13.2 Å². The number of rotatable bonds is 11. The predicted molar refractivity (Wildman–Crippen MR) is 110 cm³/mol. The molecule has 0 aliphatic carbocycles. The maximum absolute atomic E-state index is 12.9. The lowest BCUT2D eigenvalue weighted by molar-refractivity contribution is 0.140. The van der Waals surface area contributed by atoms with Crippen LogP contribution in [0.4, 0.5) is 0 Å². The third-order valence-corrected chi connectivity index (χ3v) is 6.60. The van der Waals surface area contributed by atoms with E-state index >= 15 is 0 Å². The SMILES string of the molecule is CCOCCCn1c(SCCCS(=O)(=O)NC)nc2cc(Cl)ccc2c1=O. The van der Waals surface area contributed by atoms with Crippen molar-refractivity contribution in [3.05, 3.63) is 33.6 Å². The number of hydrogen-bond donors (Lipinski definition) is 1. The van der Waals surface area contributed by atoms with Crippen LogP contribution >= 0.6 is 23.4 Å². The summed E-state index contributed by atoms with van der Waals surface area (Å²) in [6.45, 7) is 3.60. The number of halogens is 1. The van der Waals surface area contributed by atoms with Crippen molar-refractivity contribution in [3.63, 3.8) is 0 Å². The Morgan fingerprint density at radius 2 is 2.11 bits per heavy atom. The van der Waals surface area contributed by atoms with E-state index in [0.717, 1.165) is 0 Å². The number of thioether (sulfide) groups is 1. The predicted octanol–water partition coefficient (Wildman–Crippen LogP) is 2.51. The Morgan fingerprint density at radius 3 is 2.81 bits per heavy atom. The van der Waals surface area contributed by atoms with E-state index in [0.29, 0.717) is 59.4 Å². The Bertz CT molecular complexity index is 932. The molecule has 10 heteroatoms. The molecule has 1 aromatic heterocycles. The van der Waals surface area contributed by atoms with E-state index in [1.165, 1.54) is 18.8 Å². The van der Waals surface area contributed by atoms with Crippen LogP contribution in [0, 0.1) is 0 Å². The second-order valence-corrected chi connectivity index (χ2v) is 9.33. The van der Waals surface area contributed by atoms with Gasteiger partial charge in [0.1, 0.15) is 0 Å². The van der Waals surface area contributed by atoms with Crippen molar-refractivity contribution in [2.45, 2.75) is 31.5 Å². The first kappa shape index (κ1) is 22.2. The Morgan fingerprint density at radius 1 is 1.33 bits per heavy atom. The summed E-state index contributed by atoms with van der Waals surface area (Å²) in [6, 6.07) is 5.02. The lowest BCUT2D eigenvalue weighted by Crippen LogP contribution is -2.24. The van der Waals surface area contributed by atoms with Gasteiger partial charge in [0.25, 0.3) is 5.56 Å². The van der Waals surface area contributed by atoms with Crippen LogP contribution in [0.1, 0.15) is 19.8 Å². The molecule has 0 unspecified atom stereocenters. The van der Waals surface area contributed by atoms with Crippen LogP contribution in [0.25, 0.3) is 10.9 Å². The average Bonchev–Trinajstić information content (AvgIpc) is 2.64. The molecule has 0 aliphatic rings. The highest BCUT2D eigenvalue weighted by atomic mass is 35.5. The summed E-state index contributed by atoms with van der Waals surface area (Å²) in [5.41, 5.74) is 0.414. The highest BCUT2D eigenvalue weighted by Gasteiger charge is 2.13.